The smallest absolute Gasteiger partial charge is 0.302 e. The fourth-order valence-electron chi connectivity index (χ4n) is 1.19. The quantitative estimate of drug-likeness (QED) is 0.436. The minimum absolute atomic E-state index is 0.216. The minimum Gasteiger partial charge on any atom is -0.488 e. The Morgan fingerprint density at radius 3 is 2.37 bits per heavy atom. The van der Waals surface area contributed by atoms with Crippen molar-refractivity contribution in [3.05, 3.63) is 27.2 Å². The second kappa shape index (κ2) is 8.48. The van der Waals surface area contributed by atoms with Crippen molar-refractivity contribution in [2.45, 2.75) is 6.92 Å². The molecule has 1 aromatic rings. The van der Waals surface area contributed by atoms with Gasteiger partial charge in [0.15, 0.2) is 5.75 Å². The van der Waals surface area contributed by atoms with Crippen LogP contribution in [0.5, 0.6) is 5.75 Å². The first-order valence-electron chi connectivity index (χ1n) is 5.49. The van der Waals surface area contributed by atoms with Gasteiger partial charge in [-0.15, -0.1) is 0 Å². The van der Waals surface area contributed by atoms with Gasteiger partial charge in [-0.1, -0.05) is 34.8 Å². The summed E-state index contributed by atoms with van der Waals surface area (Å²) in [5.41, 5.74) is 0. The van der Waals surface area contributed by atoms with Gasteiger partial charge in [0.05, 0.1) is 23.3 Å². The van der Waals surface area contributed by atoms with E-state index in [9.17, 15) is 4.79 Å². The van der Waals surface area contributed by atoms with Crippen LogP contribution in [0.3, 0.4) is 0 Å². The Morgan fingerprint density at radius 2 is 1.68 bits per heavy atom. The fourth-order valence-corrected chi connectivity index (χ4v) is 1.82. The van der Waals surface area contributed by atoms with Crippen LogP contribution in [0.25, 0.3) is 0 Å². The first kappa shape index (κ1) is 16.4. The molecule has 0 aliphatic heterocycles. The van der Waals surface area contributed by atoms with E-state index in [1.165, 1.54) is 6.92 Å². The van der Waals surface area contributed by atoms with Crippen molar-refractivity contribution in [3.63, 3.8) is 0 Å². The molecule has 0 radical (unpaired) electrons. The Labute approximate surface area is 126 Å². The van der Waals surface area contributed by atoms with E-state index < -0.39 is 0 Å². The predicted octanol–water partition coefficient (Wildman–Crippen LogP) is 3.61. The first-order valence-corrected chi connectivity index (χ1v) is 6.63. The summed E-state index contributed by atoms with van der Waals surface area (Å²) >= 11 is 17.7. The third-order valence-corrected chi connectivity index (χ3v) is 3.09. The fraction of sp³-hybridized carbons (Fsp3) is 0.417. The van der Waals surface area contributed by atoms with Crippen molar-refractivity contribution in [1.82, 2.24) is 0 Å². The lowest BCUT2D eigenvalue weighted by molar-refractivity contribution is -0.142. The van der Waals surface area contributed by atoms with E-state index in [0.29, 0.717) is 29.0 Å². The zero-order valence-corrected chi connectivity index (χ0v) is 12.5. The summed E-state index contributed by atoms with van der Waals surface area (Å²) in [5, 5.41) is 1.03. The number of hydrogen-bond donors (Lipinski definition) is 0. The number of carbonyl (C=O) groups is 1. The van der Waals surface area contributed by atoms with Gasteiger partial charge in [0.1, 0.15) is 18.2 Å². The van der Waals surface area contributed by atoms with Crippen LogP contribution in [-0.2, 0) is 14.3 Å². The van der Waals surface area contributed by atoms with Gasteiger partial charge in [-0.2, -0.15) is 0 Å². The van der Waals surface area contributed by atoms with Crippen molar-refractivity contribution in [2.75, 3.05) is 26.4 Å². The van der Waals surface area contributed by atoms with Gasteiger partial charge in [-0.05, 0) is 12.1 Å². The highest BCUT2D eigenvalue weighted by atomic mass is 35.5. The van der Waals surface area contributed by atoms with E-state index >= 15 is 0 Å². The van der Waals surface area contributed by atoms with Crippen molar-refractivity contribution >= 4 is 40.8 Å². The van der Waals surface area contributed by atoms with Gasteiger partial charge in [-0.25, -0.2) is 0 Å². The summed E-state index contributed by atoms with van der Waals surface area (Å²) < 4.78 is 15.3. The highest BCUT2D eigenvalue weighted by molar-refractivity contribution is 6.44. The lowest BCUT2D eigenvalue weighted by atomic mass is 10.3. The summed E-state index contributed by atoms with van der Waals surface area (Å²) in [6, 6.07) is 3.20. The average Bonchev–Trinajstić information content (AvgIpc) is 2.36. The van der Waals surface area contributed by atoms with E-state index in [0.717, 1.165) is 0 Å². The molecule has 0 bridgehead atoms. The number of halogens is 3. The summed E-state index contributed by atoms with van der Waals surface area (Å²) in [5.74, 6) is -0.00300. The molecule has 106 valence electrons. The number of esters is 1. The summed E-state index contributed by atoms with van der Waals surface area (Å²) in [7, 11) is 0. The van der Waals surface area contributed by atoms with Crippen LogP contribution in [0.4, 0.5) is 0 Å². The highest BCUT2D eigenvalue weighted by Crippen LogP contribution is 2.37. The molecule has 19 heavy (non-hydrogen) atoms. The lowest BCUT2D eigenvalue weighted by Crippen LogP contribution is -2.12. The van der Waals surface area contributed by atoms with Gasteiger partial charge >= 0.3 is 5.97 Å². The second-order valence-electron chi connectivity index (χ2n) is 3.47. The molecule has 0 aliphatic rings. The van der Waals surface area contributed by atoms with Crippen molar-refractivity contribution in [1.29, 1.82) is 0 Å². The van der Waals surface area contributed by atoms with Crippen molar-refractivity contribution < 1.29 is 19.0 Å². The third kappa shape index (κ3) is 5.87. The minimum atomic E-state index is -0.336. The topological polar surface area (TPSA) is 44.8 Å². The molecule has 0 heterocycles. The summed E-state index contributed by atoms with van der Waals surface area (Å²) in [6.45, 7) is 2.44. The van der Waals surface area contributed by atoms with Gasteiger partial charge in [0.2, 0.25) is 0 Å². The first-order chi connectivity index (χ1) is 9.02. The van der Waals surface area contributed by atoms with Crippen LogP contribution in [0.1, 0.15) is 6.92 Å². The van der Waals surface area contributed by atoms with E-state index in [4.69, 9.17) is 49.0 Å². The lowest BCUT2D eigenvalue weighted by Gasteiger charge is -2.11. The number of rotatable bonds is 7. The molecule has 0 saturated carbocycles. The second-order valence-corrected chi connectivity index (χ2v) is 4.67. The number of hydrogen-bond acceptors (Lipinski definition) is 4. The highest BCUT2D eigenvalue weighted by Gasteiger charge is 2.10. The molecule has 0 aliphatic carbocycles. The van der Waals surface area contributed by atoms with Crippen molar-refractivity contribution in [2.24, 2.45) is 0 Å². The molecule has 1 aromatic carbocycles. The summed E-state index contributed by atoms with van der Waals surface area (Å²) in [4.78, 5) is 10.5. The summed E-state index contributed by atoms with van der Waals surface area (Å²) in [6.07, 6.45) is 0. The predicted molar refractivity (Wildman–Crippen MR) is 74.4 cm³/mol. The standard InChI is InChI=1S/C12H13Cl3O4/c1-8(16)18-6-4-17-5-7-19-12-10(14)3-2-9(13)11(12)15/h2-3H,4-7H2,1H3. The Balaban J connectivity index is 2.26. The van der Waals surface area contributed by atoms with Crippen LogP contribution in [0, 0.1) is 0 Å². The molecule has 0 N–H and O–H groups in total. The monoisotopic (exact) mass is 326 g/mol. The van der Waals surface area contributed by atoms with Crippen LogP contribution in [0.15, 0.2) is 12.1 Å². The molecular weight excluding hydrogens is 314 g/mol. The molecule has 0 amide bonds. The molecule has 0 aromatic heterocycles. The molecule has 0 atom stereocenters. The van der Waals surface area contributed by atoms with Gasteiger partial charge in [0, 0.05) is 6.92 Å². The van der Waals surface area contributed by atoms with Gasteiger partial charge < -0.3 is 14.2 Å². The van der Waals surface area contributed by atoms with Crippen LogP contribution >= 0.6 is 34.8 Å². The zero-order chi connectivity index (χ0) is 14.3. The Morgan fingerprint density at radius 1 is 1.05 bits per heavy atom. The average molecular weight is 328 g/mol. The largest absolute Gasteiger partial charge is 0.488 e. The van der Waals surface area contributed by atoms with Crippen LogP contribution in [-0.4, -0.2) is 32.4 Å². The number of benzene rings is 1. The third-order valence-electron chi connectivity index (χ3n) is 2.01. The zero-order valence-electron chi connectivity index (χ0n) is 10.3. The van der Waals surface area contributed by atoms with Gasteiger partial charge in [0.25, 0.3) is 0 Å². The molecule has 0 fully saturated rings. The van der Waals surface area contributed by atoms with Crippen LogP contribution in [0.2, 0.25) is 15.1 Å². The molecule has 0 saturated heterocycles. The maximum Gasteiger partial charge on any atom is 0.302 e. The number of ether oxygens (including phenoxy) is 3. The maximum atomic E-state index is 10.5. The Hall–Kier alpha value is -0.680. The SMILES string of the molecule is CC(=O)OCCOCCOc1c(Cl)ccc(Cl)c1Cl. The number of carbonyl (C=O) groups excluding carboxylic acids is 1. The molecular formula is C12H13Cl3O4. The maximum absolute atomic E-state index is 10.5. The molecule has 7 heteroatoms. The van der Waals surface area contributed by atoms with Crippen LogP contribution < -0.4 is 4.74 Å². The molecule has 0 spiro atoms. The molecule has 1 rings (SSSR count). The van der Waals surface area contributed by atoms with E-state index in [1.54, 1.807) is 12.1 Å². The van der Waals surface area contributed by atoms with E-state index in [2.05, 4.69) is 0 Å². The molecule has 0 unspecified atom stereocenters. The Kier molecular flexibility index (Phi) is 7.31. The van der Waals surface area contributed by atoms with E-state index in [1.807, 2.05) is 0 Å². The molecule has 4 nitrogen and oxygen atoms in total. The van der Waals surface area contributed by atoms with Gasteiger partial charge in [-0.3, -0.25) is 4.79 Å². The van der Waals surface area contributed by atoms with Crippen molar-refractivity contribution in [3.8, 4) is 5.75 Å². The van der Waals surface area contributed by atoms with E-state index in [-0.39, 0.29) is 24.2 Å². The normalized spacial score (nSPS) is 10.3. The Bertz CT molecular complexity index is 437.